The van der Waals surface area contributed by atoms with Gasteiger partial charge in [-0.15, -0.1) is 0 Å². The lowest BCUT2D eigenvalue weighted by Gasteiger charge is -2.39. The van der Waals surface area contributed by atoms with Gasteiger partial charge in [-0.05, 0) is 24.2 Å². The Hall–Kier alpha value is -1.55. The van der Waals surface area contributed by atoms with Crippen LogP contribution in [-0.2, 0) is 9.16 Å². The van der Waals surface area contributed by atoms with Gasteiger partial charge in [-0.1, -0.05) is 20.8 Å². The second-order valence-corrected chi connectivity index (χ2v) is 13.4. The zero-order valence-electron chi connectivity index (χ0n) is 17.3. The van der Waals surface area contributed by atoms with E-state index in [0.717, 1.165) is 0 Å². The Bertz CT molecular complexity index is 727. The predicted octanol–water partition coefficient (Wildman–Crippen LogP) is 2.13. The van der Waals surface area contributed by atoms with Crippen molar-refractivity contribution in [3.05, 3.63) is 22.7 Å². The zero-order chi connectivity index (χ0) is 20.4. The monoisotopic (exact) mass is 396 g/mol. The standard InChI is InChI=1S/C18H32N4O4Si/c1-18(2,3)27(6,7)26-14-10-13(11-23)25-16(14)22-9-8-15(20-17(22)24)19-12-21(4)5/h8-9,12-14,16,23H,10-11H2,1-7H3/b19-12+/t13?,14-,16+/m0/s1. The van der Waals surface area contributed by atoms with Crippen molar-refractivity contribution in [3.8, 4) is 0 Å². The van der Waals surface area contributed by atoms with Gasteiger partial charge in [0.25, 0.3) is 0 Å². The third-order valence-electron chi connectivity index (χ3n) is 5.11. The third-order valence-corrected chi connectivity index (χ3v) is 9.62. The molecule has 0 radical (unpaired) electrons. The van der Waals surface area contributed by atoms with Crippen molar-refractivity contribution in [2.45, 2.75) is 63.8 Å². The first kappa shape index (κ1) is 21.7. The Morgan fingerprint density at radius 3 is 2.67 bits per heavy atom. The quantitative estimate of drug-likeness (QED) is 0.450. The molecular formula is C18H32N4O4Si. The Labute approximate surface area is 162 Å². The molecule has 0 saturated carbocycles. The number of rotatable bonds is 6. The van der Waals surface area contributed by atoms with Gasteiger partial charge < -0.3 is 19.2 Å². The molecule has 8 nitrogen and oxygen atoms in total. The number of aliphatic hydroxyl groups is 1. The summed E-state index contributed by atoms with van der Waals surface area (Å²) in [6.07, 6.45) is 2.48. The summed E-state index contributed by atoms with van der Waals surface area (Å²) in [6, 6.07) is 1.67. The summed E-state index contributed by atoms with van der Waals surface area (Å²) in [5, 5.41) is 9.58. The van der Waals surface area contributed by atoms with E-state index >= 15 is 0 Å². The summed E-state index contributed by atoms with van der Waals surface area (Å²) in [5.41, 5.74) is -0.448. The van der Waals surface area contributed by atoms with Crippen molar-refractivity contribution in [2.24, 2.45) is 4.99 Å². The maximum Gasteiger partial charge on any atom is 0.351 e. The minimum atomic E-state index is -2.07. The summed E-state index contributed by atoms with van der Waals surface area (Å²) in [5.74, 6) is 0.337. The molecule has 0 aromatic carbocycles. The van der Waals surface area contributed by atoms with Crippen LogP contribution in [0, 0.1) is 0 Å². The Morgan fingerprint density at radius 2 is 2.15 bits per heavy atom. The molecule has 1 fully saturated rings. The Balaban J connectivity index is 2.29. The summed E-state index contributed by atoms with van der Waals surface area (Å²) in [6.45, 7) is 10.7. The highest BCUT2D eigenvalue weighted by molar-refractivity contribution is 6.74. The zero-order valence-corrected chi connectivity index (χ0v) is 18.3. The van der Waals surface area contributed by atoms with Crippen LogP contribution in [0.1, 0.15) is 33.4 Å². The molecule has 2 rings (SSSR count). The molecular weight excluding hydrogens is 364 g/mol. The first-order chi connectivity index (χ1) is 12.4. The number of nitrogens with zero attached hydrogens (tertiary/aromatic N) is 4. The van der Waals surface area contributed by atoms with E-state index in [2.05, 4.69) is 43.8 Å². The second kappa shape index (κ2) is 8.22. The van der Waals surface area contributed by atoms with Crippen LogP contribution >= 0.6 is 0 Å². The highest BCUT2D eigenvalue weighted by Gasteiger charge is 2.45. The molecule has 1 aliphatic heterocycles. The topological polar surface area (TPSA) is 89.2 Å². The number of ether oxygens (including phenoxy) is 1. The molecule has 1 unspecified atom stereocenters. The van der Waals surface area contributed by atoms with Gasteiger partial charge in [0.05, 0.1) is 25.2 Å². The number of hydrogen-bond acceptors (Lipinski definition) is 6. The maximum absolute atomic E-state index is 12.6. The van der Waals surface area contributed by atoms with Crippen LogP contribution in [0.2, 0.25) is 18.1 Å². The normalized spacial score (nSPS) is 23.9. The van der Waals surface area contributed by atoms with E-state index in [1.54, 1.807) is 23.5 Å². The fraction of sp³-hybridized carbons (Fsp3) is 0.722. The lowest BCUT2D eigenvalue weighted by atomic mass is 10.2. The second-order valence-electron chi connectivity index (χ2n) is 8.67. The molecule has 9 heteroatoms. The molecule has 152 valence electrons. The van der Waals surface area contributed by atoms with E-state index in [1.165, 1.54) is 4.57 Å². The summed E-state index contributed by atoms with van der Waals surface area (Å²) < 4.78 is 13.8. The highest BCUT2D eigenvalue weighted by atomic mass is 28.4. The van der Waals surface area contributed by atoms with Crippen LogP contribution in [0.5, 0.6) is 0 Å². The first-order valence-electron chi connectivity index (χ1n) is 9.18. The molecule has 1 saturated heterocycles. The van der Waals surface area contributed by atoms with Crippen molar-refractivity contribution in [2.75, 3.05) is 20.7 Å². The van der Waals surface area contributed by atoms with E-state index in [0.29, 0.717) is 12.2 Å². The van der Waals surface area contributed by atoms with Crippen molar-refractivity contribution < 1.29 is 14.3 Å². The largest absolute Gasteiger partial charge is 0.409 e. The Morgan fingerprint density at radius 1 is 1.48 bits per heavy atom. The molecule has 27 heavy (non-hydrogen) atoms. The minimum Gasteiger partial charge on any atom is -0.409 e. The van der Waals surface area contributed by atoms with Crippen LogP contribution in [0.3, 0.4) is 0 Å². The van der Waals surface area contributed by atoms with E-state index in [-0.39, 0.29) is 23.9 Å². The van der Waals surface area contributed by atoms with Crippen LogP contribution in [-0.4, -0.2) is 67.1 Å². The molecule has 1 aromatic rings. The molecule has 0 amide bonds. The minimum absolute atomic E-state index is 0.0306. The average Bonchev–Trinajstić information content (AvgIpc) is 2.94. The van der Waals surface area contributed by atoms with E-state index in [4.69, 9.17) is 9.16 Å². The fourth-order valence-corrected chi connectivity index (χ4v) is 3.91. The first-order valence-corrected chi connectivity index (χ1v) is 12.1. The third kappa shape index (κ3) is 5.25. The number of hydrogen-bond donors (Lipinski definition) is 1. The predicted molar refractivity (Wildman–Crippen MR) is 108 cm³/mol. The molecule has 0 spiro atoms. The number of aliphatic imine (C=N–C) groups is 1. The summed E-state index contributed by atoms with van der Waals surface area (Å²) >= 11 is 0. The van der Waals surface area contributed by atoms with Crippen molar-refractivity contribution in [3.63, 3.8) is 0 Å². The van der Waals surface area contributed by atoms with Gasteiger partial charge in [0.15, 0.2) is 20.4 Å². The van der Waals surface area contributed by atoms with Gasteiger partial charge in [-0.2, -0.15) is 4.98 Å². The lowest BCUT2D eigenvalue weighted by Crippen LogP contribution is -2.46. The number of aliphatic hydroxyl groups excluding tert-OH is 1. The molecule has 1 N–H and O–H groups in total. The Kier molecular flexibility index (Phi) is 6.62. The van der Waals surface area contributed by atoms with Gasteiger partial charge in [0.1, 0.15) is 0 Å². The smallest absolute Gasteiger partial charge is 0.351 e. The lowest BCUT2D eigenvalue weighted by molar-refractivity contribution is -0.0502. The maximum atomic E-state index is 12.6. The SMILES string of the molecule is CN(C)/C=N/c1ccn([C@@H]2OC(CO)C[C@@H]2O[Si](C)(C)C(C)(C)C)c(=O)n1. The molecule has 3 atom stereocenters. The van der Waals surface area contributed by atoms with Crippen molar-refractivity contribution >= 4 is 20.5 Å². The molecule has 1 aliphatic rings. The number of aromatic nitrogens is 2. The summed E-state index contributed by atoms with van der Waals surface area (Å²) in [7, 11) is 1.62. The van der Waals surface area contributed by atoms with E-state index in [1.807, 2.05) is 14.1 Å². The van der Waals surface area contributed by atoms with Crippen LogP contribution in [0.25, 0.3) is 0 Å². The van der Waals surface area contributed by atoms with Gasteiger partial charge in [0, 0.05) is 26.7 Å². The van der Waals surface area contributed by atoms with Gasteiger partial charge in [-0.3, -0.25) is 4.57 Å². The molecule has 2 heterocycles. The van der Waals surface area contributed by atoms with Crippen LogP contribution < -0.4 is 5.69 Å². The summed E-state index contributed by atoms with van der Waals surface area (Å²) in [4.78, 5) is 22.5. The fourth-order valence-electron chi connectivity index (χ4n) is 2.58. The van der Waals surface area contributed by atoms with Crippen LogP contribution in [0.4, 0.5) is 5.82 Å². The van der Waals surface area contributed by atoms with Gasteiger partial charge in [-0.25, -0.2) is 9.79 Å². The average molecular weight is 397 g/mol. The van der Waals surface area contributed by atoms with Crippen LogP contribution in [0.15, 0.2) is 22.1 Å². The van der Waals surface area contributed by atoms with E-state index in [9.17, 15) is 9.90 Å². The molecule has 0 aliphatic carbocycles. The van der Waals surface area contributed by atoms with Gasteiger partial charge >= 0.3 is 5.69 Å². The highest BCUT2D eigenvalue weighted by Crippen LogP contribution is 2.41. The molecule has 0 bridgehead atoms. The molecule has 1 aromatic heterocycles. The van der Waals surface area contributed by atoms with Gasteiger partial charge in [0.2, 0.25) is 0 Å². The van der Waals surface area contributed by atoms with Crippen molar-refractivity contribution in [1.29, 1.82) is 0 Å². The van der Waals surface area contributed by atoms with E-state index < -0.39 is 20.2 Å². The van der Waals surface area contributed by atoms with Crippen molar-refractivity contribution in [1.82, 2.24) is 14.5 Å².